The van der Waals surface area contributed by atoms with Gasteiger partial charge in [0.1, 0.15) is 11.8 Å². The summed E-state index contributed by atoms with van der Waals surface area (Å²) >= 11 is 5.88. The number of methoxy groups -OCH3 is 1. The summed E-state index contributed by atoms with van der Waals surface area (Å²) in [7, 11) is 1.47. The lowest BCUT2D eigenvalue weighted by molar-refractivity contribution is -0.139. The van der Waals surface area contributed by atoms with Crippen molar-refractivity contribution in [3.05, 3.63) is 23.2 Å². The van der Waals surface area contributed by atoms with E-state index in [4.69, 9.17) is 21.4 Å². The second-order valence-corrected chi connectivity index (χ2v) is 5.01. The lowest BCUT2D eigenvalue weighted by Gasteiger charge is -2.14. The van der Waals surface area contributed by atoms with Crippen LogP contribution in [0.3, 0.4) is 0 Å². The zero-order valence-corrected chi connectivity index (χ0v) is 11.6. The number of carbonyl (C=O) groups excluding carboxylic acids is 1. The molecule has 0 radical (unpaired) electrons. The van der Waals surface area contributed by atoms with Crippen LogP contribution in [0.15, 0.2) is 18.2 Å². The first-order chi connectivity index (χ1) is 9.51. The molecule has 0 bridgehead atoms. The lowest BCUT2D eigenvalue weighted by Crippen LogP contribution is -2.44. The van der Waals surface area contributed by atoms with Gasteiger partial charge >= 0.3 is 12.0 Å². The molecule has 1 aromatic carbocycles. The average molecular weight is 299 g/mol. The first-order valence-electron chi connectivity index (χ1n) is 6.15. The molecular weight excluding hydrogens is 284 g/mol. The molecule has 0 saturated heterocycles. The normalized spacial score (nSPS) is 15.3. The molecule has 1 fully saturated rings. The van der Waals surface area contributed by atoms with Gasteiger partial charge in [0.15, 0.2) is 0 Å². The molecule has 1 aliphatic rings. The van der Waals surface area contributed by atoms with E-state index in [-0.39, 0.29) is 5.92 Å². The zero-order valence-electron chi connectivity index (χ0n) is 10.9. The van der Waals surface area contributed by atoms with E-state index < -0.39 is 18.0 Å². The zero-order chi connectivity index (χ0) is 14.7. The van der Waals surface area contributed by atoms with Crippen molar-refractivity contribution in [2.24, 2.45) is 5.92 Å². The minimum absolute atomic E-state index is 0.0259. The van der Waals surface area contributed by atoms with Crippen LogP contribution in [-0.2, 0) is 4.79 Å². The molecule has 6 nitrogen and oxygen atoms in total. The van der Waals surface area contributed by atoms with Crippen molar-refractivity contribution in [3.63, 3.8) is 0 Å². The summed E-state index contributed by atoms with van der Waals surface area (Å²) in [6.45, 7) is 0. The number of hydrogen-bond donors (Lipinski definition) is 3. The number of ether oxygens (including phenoxy) is 1. The van der Waals surface area contributed by atoms with Crippen molar-refractivity contribution in [1.82, 2.24) is 5.32 Å². The third kappa shape index (κ3) is 3.54. The molecule has 20 heavy (non-hydrogen) atoms. The fourth-order valence-electron chi connectivity index (χ4n) is 1.86. The molecule has 0 heterocycles. The molecule has 3 N–H and O–H groups in total. The first-order valence-corrected chi connectivity index (χ1v) is 6.53. The number of halogens is 1. The van der Waals surface area contributed by atoms with Gasteiger partial charge in [-0.2, -0.15) is 0 Å². The van der Waals surface area contributed by atoms with E-state index in [0.717, 1.165) is 12.8 Å². The summed E-state index contributed by atoms with van der Waals surface area (Å²) in [4.78, 5) is 22.8. The van der Waals surface area contributed by atoms with Crippen molar-refractivity contribution in [1.29, 1.82) is 0 Å². The number of benzene rings is 1. The van der Waals surface area contributed by atoms with Crippen LogP contribution in [-0.4, -0.2) is 30.3 Å². The second kappa shape index (κ2) is 6.00. The molecule has 0 spiro atoms. The summed E-state index contributed by atoms with van der Waals surface area (Å²) in [6.07, 6.45) is 1.65. The van der Waals surface area contributed by atoms with Crippen molar-refractivity contribution < 1.29 is 19.4 Å². The Bertz CT molecular complexity index is 531. The van der Waals surface area contributed by atoms with Crippen LogP contribution in [0.1, 0.15) is 12.8 Å². The smallest absolute Gasteiger partial charge is 0.326 e. The molecule has 7 heteroatoms. The van der Waals surface area contributed by atoms with E-state index in [2.05, 4.69) is 10.6 Å². The maximum atomic E-state index is 11.8. The number of nitrogens with one attached hydrogen (secondary N) is 2. The van der Waals surface area contributed by atoms with Crippen molar-refractivity contribution >= 4 is 29.3 Å². The van der Waals surface area contributed by atoms with Gasteiger partial charge in [-0.25, -0.2) is 9.59 Å². The predicted molar refractivity (Wildman–Crippen MR) is 74.3 cm³/mol. The number of amides is 2. The van der Waals surface area contributed by atoms with Gasteiger partial charge in [0, 0.05) is 11.8 Å². The summed E-state index contributed by atoms with van der Waals surface area (Å²) in [6, 6.07) is 3.36. The first kappa shape index (κ1) is 14.5. The summed E-state index contributed by atoms with van der Waals surface area (Å²) < 4.78 is 5.04. The van der Waals surface area contributed by atoms with E-state index >= 15 is 0 Å². The van der Waals surface area contributed by atoms with Crippen LogP contribution in [0.2, 0.25) is 5.02 Å². The number of rotatable bonds is 5. The topological polar surface area (TPSA) is 87.7 Å². The van der Waals surface area contributed by atoms with Gasteiger partial charge in [0.25, 0.3) is 0 Å². The van der Waals surface area contributed by atoms with Crippen LogP contribution in [0, 0.1) is 5.92 Å². The highest BCUT2D eigenvalue weighted by Gasteiger charge is 2.37. The minimum Gasteiger partial charge on any atom is -0.495 e. The Balaban J connectivity index is 1.98. The Kier molecular flexibility index (Phi) is 4.34. The monoisotopic (exact) mass is 298 g/mol. The summed E-state index contributed by atoms with van der Waals surface area (Å²) in [5.41, 5.74) is 0.476. The van der Waals surface area contributed by atoms with Crippen LogP contribution < -0.4 is 15.4 Å². The minimum atomic E-state index is -1.02. The third-order valence-corrected chi connectivity index (χ3v) is 3.37. The number of carboxylic acids is 1. The number of carbonyl (C=O) groups is 2. The molecule has 108 valence electrons. The SMILES string of the molecule is COc1cc(NC(=O)NC(C(=O)O)C2CC2)ccc1Cl. The van der Waals surface area contributed by atoms with E-state index in [1.54, 1.807) is 18.2 Å². The number of carboxylic acid groups (broad SMARTS) is 1. The van der Waals surface area contributed by atoms with Crippen molar-refractivity contribution in [2.45, 2.75) is 18.9 Å². The second-order valence-electron chi connectivity index (χ2n) is 4.60. The van der Waals surface area contributed by atoms with Gasteiger partial charge in [0.2, 0.25) is 0 Å². The molecule has 2 amide bonds. The van der Waals surface area contributed by atoms with Gasteiger partial charge in [-0.05, 0) is 30.9 Å². The van der Waals surface area contributed by atoms with Gasteiger partial charge in [-0.3, -0.25) is 0 Å². The van der Waals surface area contributed by atoms with E-state index in [1.807, 2.05) is 0 Å². The number of urea groups is 1. The molecule has 0 aliphatic heterocycles. The van der Waals surface area contributed by atoms with Gasteiger partial charge in [-0.1, -0.05) is 11.6 Å². The molecule has 0 aromatic heterocycles. The average Bonchev–Trinajstić information content (AvgIpc) is 3.22. The van der Waals surface area contributed by atoms with E-state index in [0.29, 0.717) is 16.5 Å². The Morgan fingerprint density at radius 3 is 2.70 bits per heavy atom. The molecule has 2 rings (SSSR count). The summed E-state index contributed by atoms with van der Waals surface area (Å²) in [5.74, 6) is -0.559. The van der Waals surface area contributed by atoms with Gasteiger partial charge in [0.05, 0.1) is 12.1 Å². The van der Waals surface area contributed by atoms with Gasteiger partial charge < -0.3 is 20.5 Å². The molecule has 1 aromatic rings. The van der Waals surface area contributed by atoms with Crippen LogP contribution in [0.4, 0.5) is 10.5 Å². The molecule has 1 unspecified atom stereocenters. The van der Waals surface area contributed by atoms with Crippen molar-refractivity contribution in [3.8, 4) is 5.75 Å². The van der Waals surface area contributed by atoms with Crippen LogP contribution in [0.5, 0.6) is 5.75 Å². The quantitative estimate of drug-likeness (QED) is 0.778. The number of anilines is 1. The number of hydrogen-bond acceptors (Lipinski definition) is 3. The summed E-state index contributed by atoms with van der Waals surface area (Å²) in [5, 5.41) is 14.5. The Morgan fingerprint density at radius 1 is 1.45 bits per heavy atom. The standard InChI is InChI=1S/C13H15ClN2O4/c1-20-10-6-8(4-5-9(10)14)15-13(19)16-11(12(17)18)7-2-3-7/h4-7,11H,2-3H2,1H3,(H,17,18)(H2,15,16,19). The van der Waals surface area contributed by atoms with E-state index in [9.17, 15) is 9.59 Å². The van der Waals surface area contributed by atoms with Crippen LogP contribution in [0.25, 0.3) is 0 Å². The molecular formula is C13H15ClN2O4. The Morgan fingerprint density at radius 2 is 2.15 bits per heavy atom. The maximum Gasteiger partial charge on any atom is 0.326 e. The molecule has 1 atom stereocenters. The third-order valence-electron chi connectivity index (χ3n) is 3.06. The highest BCUT2D eigenvalue weighted by atomic mass is 35.5. The predicted octanol–water partition coefficient (Wildman–Crippen LogP) is 2.33. The fraction of sp³-hybridized carbons (Fsp3) is 0.385. The highest BCUT2D eigenvalue weighted by molar-refractivity contribution is 6.32. The molecule has 1 aliphatic carbocycles. The number of aliphatic carboxylic acids is 1. The Labute approximate surface area is 121 Å². The Hall–Kier alpha value is -1.95. The van der Waals surface area contributed by atoms with E-state index in [1.165, 1.54) is 7.11 Å². The maximum absolute atomic E-state index is 11.8. The lowest BCUT2D eigenvalue weighted by atomic mass is 10.2. The van der Waals surface area contributed by atoms with Crippen molar-refractivity contribution in [2.75, 3.05) is 12.4 Å². The molecule has 1 saturated carbocycles. The van der Waals surface area contributed by atoms with Gasteiger partial charge in [-0.15, -0.1) is 0 Å². The highest BCUT2D eigenvalue weighted by Crippen LogP contribution is 2.33. The van der Waals surface area contributed by atoms with Crippen LogP contribution >= 0.6 is 11.6 Å². The largest absolute Gasteiger partial charge is 0.495 e. The fourth-order valence-corrected chi connectivity index (χ4v) is 2.05.